The van der Waals surface area contributed by atoms with Crippen LogP contribution in [0.4, 0.5) is 0 Å². The predicted octanol–water partition coefficient (Wildman–Crippen LogP) is 2.17. The van der Waals surface area contributed by atoms with Crippen molar-refractivity contribution in [1.82, 2.24) is 10.2 Å². The number of nitrogens with zero attached hydrogens (tertiary/aromatic N) is 1. The summed E-state index contributed by atoms with van der Waals surface area (Å²) in [5.74, 6) is 1.70. The maximum Gasteiger partial charge on any atom is 0.227 e. The number of hydrogen-bond acceptors (Lipinski definition) is 4. The largest absolute Gasteiger partial charge is 0.497 e. The van der Waals surface area contributed by atoms with Gasteiger partial charge in [-0.2, -0.15) is 0 Å². The van der Waals surface area contributed by atoms with Crippen LogP contribution in [-0.2, 0) is 9.53 Å². The lowest BCUT2D eigenvalue weighted by Gasteiger charge is -2.34. The van der Waals surface area contributed by atoms with E-state index in [4.69, 9.17) is 9.47 Å². The number of ether oxygens (including phenoxy) is 2. The highest BCUT2D eigenvalue weighted by Gasteiger charge is 2.45. The van der Waals surface area contributed by atoms with E-state index < -0.39 is 0 Å². The van der Waals surface area contributed by atoms with Crippen molar-refractivity contribution >= 4 is 5.91 Å². The number of carbonyl (C=O) groups is 1. The molecule has 3 fully saturated rings. The van der Waals surface area contributed by atoms with Gasteiger partial charge in [-0.25, -0.2) is 0 Å². The van der Waals surface area contributed by atoms with Crippen molar-refractivity contribution in [1.29, 1.82) is 0 Å². The molecule has 2 heterocycles. The first-order valence-electron chi connectivity index (χ1n) is 9.40. The summed E-state index contributed by atoms with van der Waals surface area (Å²) < 4.78 is 10.8. The van der Waals surface area contributed by atoms with Gasteiger partial charge >= 0.3 is 0 Å². The SMILES string of the molecule is COc1ccc(C2C[C@H]3CNC4CCC(OC)CC4C(=O)N3C2)cc1. The minimum Gasteiger partial charge on any atom is -0.497 e. The minimum atomic E-state index is 0.0679. The van der Waals surface area contributed by atoms with E-state index in [-0.39, 0.29) is 12.0 Å². The highest BCUT2D eigenvalue weighted by Crippen LogP contribution is 2.38. The highest BCUT2D eigenvalue weighted by molar-refractivity contribution is 5.81. The molecule has 1 amide bonds. The number of carbonyl (C=O) groups excluding carboxylic acids is 1. The lowest BCUT2D eigenvalue weighted by atomic mass is 9.82. The molecule has 1 saturated carbocycles. The van der Waals surface area contributed by atoms with E-state index in [9.17, 15) is 4.79 Å². The standard InChI is InChI=1S/C20H28N2O3/c1-24-16-5-3-13(4-6-16)14-9-15-11-21-19-8-7-17(25-2)10-18(19)20(23)22(15)12-14/h3-6,14-15,17-19,21H,7-12H2,1-2H3/t14?,15-,17?,18?,19?/m0/s1. The Morgan fingerprint density at radius 3 is 2.64 bits per heavy atom. The molecular formula is C20H28N2O3. The Hall–Kier alpha value is -1.59. The van der Waals surface area contributed by atoms with Gasteiger partial charge in [-0.05, 0) is 43.4 Å². The van der Waals surface area contributed by atoms with Gasteiger partial charge in [-0.1, -0.05) is 12.1 Å². The van der Waals surface area contributed by atoms with E-state index >= 15 is 0 Å². The Morgan fingerprint density at radius 2 is 1.92 bits per heavy atom. The quantitative estimate of drug-likeness (QED) is 0.913. The van der Waals surface area contributed by atoms with Crippen molar-refractivity contribution < 1.29 is 14.3 Å². The molecule has 2 saturated heterocycles. The third-order valence-corrected chi connectivity index (χ3v) is 6.35. The summed E-state index contributed by atoms with van der Waals surface area (Å²) in [6.07, 6.45) is 4.21. The van der Waals surface area contributed by atoms with Crippen LogP contribution in [0, 0.1) is 5.92 Å². The van der Waals surface area contributed by atoms with Crippen molar-refractivity contribution in [3.8, 4) is 5.75 Å². The third-order valence-electron chi connectivity index (χ3n) is 6.35. The molecule has 3 aliphatic rings. The average molecular weight is 344 g/mol. The molecule has 1 aromatic carbocycles. The van der Waals surface area contributed by atoms with Gasteiger partial charge in [-0.3, -0.25) is 4.79 Å². The van der Waals surface area contributed by atoms with Crippen LogP contribution in [0.2, 0.25) is 0 Å². The Bertz CT molecular complexity index is 618. The van der Waals surface area contributed by atoms with Crippen LogP contribution in [0.25, 0.3) is 0 Å². The summed E-state index contributed by atoms with van der Waals surface area (Å²) in [4.78, 5) is 15.4. The van der Waals surface area contributed by atoms with Crippen LogP contribution in [-0.4, -0.2) is 56.3 Å². The number of amides is 1. The predicted molar refractivity (Wildman–Crippen MR) is 95.8 cm³/mol. The topological polar surface area (TPSA) is 50.8 Å². The van der Waals surface area contributed by atoms with E-state index in [0.29, 0.717) is 23.9 Å². The van der Waals surface area contributed by atoms with Crippen molar-refractivity contribution in [3.63, 3.8) is 0 Å². The second-order valence-electron chi connectivity index (χ2n) is 7.64. The van der Waals surface area contributed by atoms with Crippen LogP contribution in [0.3, 0.4) is 0 Å². The van der Waals surface area contributed by atoms with Gasteiger partial charge in [-0.15, -0.1) is 0 Å². The van der Waals surface area contributed by atoms with Crippen molar-refractivity contribution in [2.75, 3.05) is 27.3 Å². The van der Waals surface area contributed by atoms with Gasteiger partial charge in [0.2, 0.25) is 5.91 Å². The van der Waals surface area contributed by atoms with Gasteiger partial charge in [0, 0.05) is 38.2 Å². The molecule has 0 spiro atoms. The summed E-state index contributed by atoms with van der Waals surface area (Å²) in [5, 5.41) is 3.68. The molecule has 0 bridgehead atoms. The van der Waals surface area contributed by atoms with E-state index in [1.165, 1.54) is 5.56 Å². The molecule has 5 atom stereocenters. The maximum absolute atomic E-state index is 13.2. The first kappa shape index (κ1) is 16.9. The van der Waals surface area contributed by atoms with Crippen molar-refractivity contribution in [2.24, 2.45) is 5.92 Å². The van der Waals surface area contributed by atoms with Crippen molar-refractivity contribution in [3.05, 3.63) is 29.8 Å². The molecule has 0 aromatic heterocycles. The van der Waals surface area contributed by atoms with Crippen LogP contribution >= 0.6 is 0 Å². The molecule has 2 aliphatic heterocycles. The molecule has 5 heteroatoms. The Morgan fingerprint density at radius 1 is 1.12 bits per heavy atom. The molecule has 1 aromatic rings. The number of hydrogen-bond donors (Lipinski definition) is 1. The molecule has 0 radical (unpaired) electrons. The zero-order chi connectivity index (χ0) is 17.4. The Balaban J connectivity index is 1.49. The average Bonchev–Trinajstić information content (AvgIpc) is 3.05. The highest BCUT2D eigenvalue weighted by atomic mass is 16.5. The second kappa shape index (κ2) is 6.96. The zero-order valence-electron chi connectivity index (χ0n) is 15.1. The van der Waals surface area contributed by atoms with Crippen LogP contribution in [0.15, 0.2) is 24.3 Å². The third kappa shape index (κ3) is 3.15. The smallest absolute Gasteiger partial charge is 0.227 e. The van der Waals surface area contributed by atoms with Crippen LogP contribution in [0.5, 0.6) is 5.75 Å². The number of rotatable bonds is 3. The lowest BCUT2D eigenvalue weighted by molar-refractivity contribution is -0.138. The number of methoxy groups -OCH3 is 2. The molecular weight excluding hydrogens is 316 g/mol. The molecule has 5 nitrogen and oxygen atoms in total. The first-order chi connectivity index (χ1) is 12.2. The Labute approximate surface area is 149 Å². The van der Waals surface area contributed by atoms with E-state index in [2.05, 4.69) is 22.3 Å². The van der Waals surface area contributed by atoms with Crippen molar-refractivity contribution in [2.45, 2.75) is 49.8 Å². The molecule has 25 heavy (non-hydrogen) atoms. The number of benzene rings is 1. The molecule has 1 N–H and O–H groups in total. The second-order valence-corrected chi connectivity index (χ2v) is 7.64. The number of nitrogens with one attached hydrogen (secondary N) is 1. The van der Waals surface area contributed by atoms with Gasteiger partial charge < -0.3 is 19.7 Å². The monoisotopic (exact) mass is 344 g/mol. The molecule has 4 rings (SSSR count). The van der Waals surface area contributed by atoms with Gasteiger partial charge in [0.1, 0.15) is 5.75 Å². The Kier molecular flexibility index (Phi) is 4.69. The van der Waals surface area contributed by atoms with Crippen LogP contribution in [0.1, 0.15) is 37.2 Å². The molecule has 136 valence electrons. The summed E-state index contributed by atoms with van der Waals surface area (Å²) >= 11 is 0. The van der Waals surface area contributed by atoms with Gasteiger partial charge in [0.05, 0.1) is 19.1 Å². The van der Waals surface area contributed by atoms with Gasteiger partial charge in [0.25, 0.3) is 0 Å². The maximum atomic E-state index is 13.2. The van der Waals surface area contributed by atoms with Gasteiger partial charge in [0.15, 0.2) is 0 Å². The number of fused-ring (bicyclic) bond motifs is 2. The summed E-state index contributed by atoms with van der Waals surface area (Å²) in [7, 11) is 3.45. The fourth-order valence-corrected chi connectivity index (χ4v) is 4.86. The van der Waals surface area contributed by atoms with E-state index in [1.807, 2.05) is 12.1 Å². The van der Waals surface area contributed by atoms with E-state index in [0.717, 1.165) is 44.5 Å². The van der Waals surface area contributed by atoms with E-state index in [1.54, 1.807) is 14.2 Å². The minimum absolute atomic E-state index is 0.0679. The summed E-state index contributed by atoms with van der Waals surface area (Å²) in [6.45, 7) is 1.75. The molecule has 1 aliphatic carbocycles. The lowest BCUT2D eigenvalue weighted by Crippen LogP contribution is -2.46. The summed E-state index contributed by atoms with van der Waals surface area (Å²) in [5.41, 5.74) is 1.30. The fraction of sp³-hybridized carbons (Fsp3) is 0.650. The van der Waals surface area contributed by atoms with Crippen LogP contribution < -0.4 is 10.1 Å². The fourth-order valence-electron chi connectivity index (χ4n) is 4.86. The normalized spacial score (nSPS) is 35.0. The summed E-state index contributed by atoms with van der Waals surface area (Å²) in [6, 6.07) is 8.93. The zero-order valence-corrected chi connectivity index (χ0v) is 15.1. The molecule has 4 unspecified atom stereocenters. The first-order valence-corrected chi connectivity index (χ1v) is 9.40.